The van der Waals surface area contributed by atoms with Gasteiger partial charge in [0, 0.05) is 6.04 Å². The van der Waals surface area contributed by atoms with Crippen LogP contribution in [0.2, 0.25) is 0 Å². The van der Waals surface area contributed by atoms with E-state index >= 15 is 0 Å². The number of hydrogen-bond donors (Lipinski definition) is 2. The SMILES string of the molecule is NC1C2CCC(C2)C1C(=O)Nc1ccc(F)cc1[N+](=O)[O-]. The number of anilines is 1. The smallest absolute Gasteiger partial charge is 0.295 e. The lowest BCUT2D eigenvalue weighted by Gasteiger charge is -2.26. The number of fused-ring (bicyclic) bond motifs is 2. The molecular weight excluding hydrogens is 277 g/mol. The predicted molar refractivity (Wildman–Crippen MR) is 74.0 cm³/mol. The quantitative estimate of drug-likeness (QED) is 0.658. The van der Waals surface area contributed by atoms with Crippen molar-refractivity contribution in [1.29, 1.82) is 0 Å². The first-order valence-corrected chi connectivity index (χ1v) is 6.97. The summed E-state index contributed by atoms with van der Waals surface area (Å²) < 4.78 is 13.1. The Hall–Kier alpha value is -2.02. The van der Waals surface area contributed by atoms with Gasteiger partial charge >= 0.3 is 0 Å². The molecule has 0 radical (unpaired) electrons. The van der Waals surface area contributed by atoms with Crippen LogP contribution in [0.15, 0.2) is 18.2 Å². The molecule has 4 unspecified atom stereocenters. The normalized spacial score (nSPS) is 30.4. The Bertz CT molecular complexity index is 605. The van der Waals surface area contributed by atoms with Crippen molar-refractivity contribution in [3.63, 3.8) is 0 Å². The third-order valence-corrected chi connectivity index (χ3v) is 4.70. The third kappa shape index (κ3) is 2.37. The Morgan fingerprint density at radius 1 is 1.38 bits per heavy atom. The van der Waals surface area contributed by atoms with Crippen LogP contribution in [-0.2, 0) is 4.79 Å². The molecule has 4 atom stereocenters. The van der Waals surface area contributed by atoms with Gasteiger partial charge < -0.3 is 11.1 Å². The number of nitrogens with two attached hydrogens (primary N) is 1. The average Bonchev–Trinajstić information content (AvgIpc) is 3.01. The number of benzene rings is 1. The van der Waals surface area contributed by atoms with Gasteiger partial charge in [0.2, 0.25) is 5.91 Å². The maximum absolute atomic E-state index is 13.1. The van der Waals surface area contributed by atoms with Gasteiger partial charge in [0.15, 0.2) is 0 Å². The minimum atomic E-state index is -0.712. The van der Waals surface area contributed by atoms with Gasteiger partial charge in [-0.3, -0.25) is 14.9 Å². The maximum atomic E-state index is 13.1. The highest BCUT2D eigenvalue weighted by Crippen LogP contribution is 2.48. The van der Waals surface area contributed by atoms with Crippen LogP contribution in [0, 0.1) is 33.7 Å². The lowest BCUT2D eigenvalue weighted by atomic mass is 9.84. The molecule has 2 bridgehead atoms. The van der Waals surface area contributed by atoms with Crippen molar-refractivity contribution < 1.29 is 14.1 Å². The lowest BCUT2D eigenvalue weighted by Crippen LogP contribution is -2.42. The standard InChI is InChI=1S/C14H16FN3O3/c15-9-3-4-10(11(6-9)18(20)21)17-14(19)12-7-1-2-8(5-7)13(12)16/h3-4,6-8,12-13H,1-2,5,16H2,(H,17,19). The van der Waals surface area contributed by atoms with Gasteiger partial charge in [0.1, 0.15) is 11.5 Å². The van der Waals surface area contributed by atoms with Crippen molar-refractivity contribution in [2.45, 2.75) is 25.3 Å². The summed E-state index contributed by atoms with van der Waals surface area (Å²) in [6, 6.07) is 2.91. The number of nitrogens with zero attached hydrogens (tertiary/aromatic N) is 1. The first kappa shape index (κ1) is 13.9. The molecule has 0 saturated heterocycles. The Labute approximate surface area is 120 Å². The average molecular weight is 293 g/mol. The summed E-state index contributed by atoms with van der Waals surface area (Å²) in [5.41, 5.74) is 5.66. The molecule has 2 fully saturated rings. The van der Waals surface area contributed by atoms with Crippen LogP contribution in [0.4, 0.5) is 15.8 Å². The number of nitro groups is 1. The van der Waals surface area contributed by atoms with Crippen LogP contribution in [0.25, 0.3) is 0 Å². The van der Waals surface area contributed by atoms with E-state index < -0.39 is 16.4 Å². The summed E-state index contributed by atoms with van der Waals surface area (Å²) in [4.78, 5) is 22.6. The molecule has 21 heavy (non-hydrogen) atoms. The highest BCUT2D eigenvalue weighted by Gasteiger charge is 2.49. The fraction of sp³-hybridized carbons (Fsp3) is 0.500. The first-order chi connectivity index (χ1) is 9.97. The molecule has 0 aliphatic heterocycles. The number of nitrogens with one attached hydrogen (secondary N) is 1. The van der Waals surface area contributed by atoms with Crippen LogP contribution in [0.3, 0.4) is 0 Å². The summed E-state index contributed by atoms with van der Waals surface area (Å²) in [5, 5.41) is 13.5. The molecule has 2 aliphatic carbocycles. The van der Waals surface area contributed by atoms with Gasteiger partial charge in [-0.15, -0.1) is 0 Å². The number of halogens is 1. The van der Waals surface area contributed by atoms with E-state index in [0.29, 0.717) is 5.92 Å². The van der Waals surface area contributed by atoms with E-state index in [1.165, 1.54) is 6.07 Å². The first-order valence-electron chi connectivity index (χ1n) is 6.97. The Kier molecular flexibility index (Phi) is 3.36. The molecule has 0 spiro atoms. The van der Waals surface area contributed by atoms with Crippen molar-refractivity contribution >= 4 is 17.3 Å². The second kappa shape index (κ2) is 5.07. The van der Waals surface area contributed by atoms with Crippen LogP contribution >= 0.6 is 0 Å². The summed E-state index contributed by atoms with van der Waals surface area (Å²) in [6.45, 7) is 0. The molecular formula is C14H16FN3O3. The molecule has 2 saturated carbocycles. The summed E-state index contributed by atoms with van der Waals surface area (Å²) in [5.74, 6) is -0.701. The van der Waals surface area contributed by atoms with Crippen LogP contribution in [-0.4, -0.2) is 16.9 Å². The Morgan fingerprint density at radius 3 is 2.71 bits per heavy atom. The number of nitro benzene ring substituents is 1. The van der Waals surface area contributed by atoms with E-state index in [0.717, 1.165) is 31.4 Å². The molecule has 3 rings (SSSR count). The molecule has 1 aromatic rings. The van der Waals surface area contributed by atoms with Crippen LogP contribution in [0.1, 0.15) is 19.3 Å². The molecule has 0 aromatic heterocycles. The van der Waals surface area contributed by atoms with E-state index in [-0.39, 0.29) is 29.5 Å². The summed E-state index contributed by atoms with van der Waals surface area (Å²) in [7, 11) is 0. The van der Waals surface area contributed by atoms with E-state index in [2.05, 4.69) is 5.32 Å². The highest BCUT2D eigenvalue weighted by molar-refractivity contribution is 5.95. The number of carbonyl (C=O) groups is 1. The molecule has 1 aromatic carbocycles. The Morgan fingerprint density at radius 2 is 2.10 bits per heavy atom. The second-order valence-corrected chi connectivity index (χ2v) is 5.84. The van der Waals surface area contributed by atoms with Crippen molar-refractivity contribution in [2.75, 3.05) is 5.32 Å². The van der Waals surface area contributed by atoms with E-state index in [9.17, 15) is 19.3 Å². The fourth-order valence-electron chi connectivity index (χ4n) is 3.70. The molecule has 3 N–H and O–H groups in total. The van der Waals surface area contributed by atoms with E-state index in [1.807, 2.05) is 0 Å². The van der Waals surface area contributed by atoms with Gasteiger partial charge in [-0.2, -0.15) is 0 Å². The molecule has 2 aliphatic rings. The molecule has 112 valence electrons. The van der Waals surface area contributed by atoms with E-state index in [4.69, 9.17) is 5.73 Å². The molecule has 6 nitrogen and oxygen atoms in total. The van der Waals surface area contributed by atoms with Gasteiger partial charge in [0.05, 0.1) is 16.9 Å². The second-order valence-electron chi connectivity index (χ2n) is 5.84. The predicted octanol–water partition coefficient (Wildman–Crippen LogP) is 2.05. The molecule has 7 heteroatoms. The molecule has 0 heterocycles. The van der Waals surface area contributed by atoms with Crippen molar-refractivity contribution in [3.8, 4) is 0 Å². The largest absolute Gasteiger partial charge is 0.327 e. The van der Waals surface area contributed by atoms with Gasteiger partial charge in [-0.25, -0.2) is 4.39 Å². The van der Waals surface area contributed by atoms with Crippen molar-refractivity contribution in [3.05, 3.63) is 34.1 Å². The van der Waals surface area contributed by atoms with Gasteiger partial charge in [-0.1, -0.05) is 0 Å². The number of carbonyl (C=O) groups excluding carboxylic acids is 1. The van der Waals surface area contributed by atoms with Crippen LogP contribution in [0.5, 0.6) is 0 Å². The summed E-state index contributed by atoms with van der Waals surface area (Å²) in [6.07, 6.45) is 2.97. The zero-order valence-electron chi connectivity index (χ0n) is 11.3. The monoisotopic (exact) mass is 293 g/mol. The minimum absolute atomic E-state index is 0.0152. The van der Waals surface area contributed by atoms with Crippen molar-refractivity contribution in [2.24, 2.45) is 23.5 Å². The molecule has 1 amide bonds. The highest BCUT2D eigenvalue weighted by atomic mass is 19.1. The van der Waals surface area contributed by atoms with Gasteiger partial charge in [0.25, 0.3) is 5.69 Å². The Balaban J connectivity index is 1.81. The third-order valence-electron chi connectivity index (χ3n) is 4.70. The fourth-order valence-corrected chi connectivity index (χ4v) is 3.70. The van der Waals surface area contributed by atoms with Crippen LogP contribution < -0.4 is 11.1 Å². The lowest BCUT2D eigenvalue weighted by molar-refractivity contribution is -0.384. The number of amides is 1. The summed E-state index contributed by atoms with van der Waals surface area (Å²) >= 11 is 0. The van der Waals surface area contributed by atoms with E-state index in [1.54, 1.807) is 0 Å². The zero-order valence-corrected chi connectivity index (χ0v) is 11.3. The maximum Gasteiger partial charge on any atom is 0.295 e. The minimum Gasteiger partial charge on any atom is -0.327 e. The topological polar surface area (TPSA) is 98.3 Å². The zero-order chi connectivity index (χ0) is 15.1. The van der Waals surface area contributed by atoms with Gasteiger partial charge in [-0.05, 0) is 43.2 Å². The number of hydrogen-bond acceptors (Lipinski definition) is 4. The van der Waals surface area contributed by atoms with Crippen molar-refractivity contribution in [1.82, 2.24) is 0 Å². The number of rotatable bonds is 3.